The average Bonchev–Trinajstić information content (AvgIpc) is 3.11. The maximum absolute atomic E-state index is 13.5. The van der Waals surface area contributed by atoms with Crippen LogP contribution in [0.15, 0.2) is 61.2 Å². The molecule has 1 aliphatic heterocycles. The topological polar surface area (TPSA) is 30.3 Å². The fraction of sp³-hybridized carbons (Fsp3) is 0.190. The van der Waals surface area contributed by atoms with E-state index in [1.807, 2.05) is 46.0 Å². The van der Waals surface area contributed by atoms with E-state index < -0.39 is 11.6 Å². The molecule has 1 aliphatic rings. The van der Waals surface area contributed by atoms with Crippen LogP contribution in [0, 0.1) is 11.6 Å². The van der Waals surface area contributed by atoms with Crippen LogP contribution in [-0.4, -0.2) is 21.2 Å². The molecule has 1 aromatic heterocycles. The summed E-state index contributed by atoms with van der Waals surface area (Å²) in [5, 5.41) is 4.49. The molecular formula is C21H19F2N3O. The third kappa shape index (κ3) is 3.69. The molecule has 3 aromatic rings. The molecule has 0 saturated heterocycles. The Kier molecular flexibility index (Phi) is 4.62. The van der Waals surface area contributed by atoms with Crippen molar-refractivity contribution < 1.29 is 13.5 Å². The number of halogens is 2. The van der Waals surface area contributed by atoms with Crippen LogP contribution in [0.25, 0.3) is 5.70 Å². The summed E-state index contributed by atoms with van der Waals surface area (Å²) in [6, 6.07) is 15.7. The number of hydrogen-bond acceptors (Lipinski definition) is 3. The van der Waals surface area contributed by atoms with Gasteiger partial charge in [0.2, 0.25) is 5.88 Å². The molecule has 27 heavy (non-hydrogen) atoms. The second kappa shape index (κ2) is 7.23. The van der Waals surface area contributed by atoms with Crippen molar-refractivity contribution in [3.63, 3.8) is 0 Å². The number of aromatic nitrogens is 2. The minimum absolute atomic E-state index is 0.461. The van der Waals surface area contributed by atoms with E-state index >= 15 is 0 Å². The summed E-state index contributed by atoms with van der Waals surface area (Å²) < 4.78 is 34.4. The SMILES string of the molecule is C=C(c1ccc(F)c(F)c1)N1CCn2nc(OCc3ccccc3)cc2C1. The molecule has 0 amide bonds. The molecule has 0 atom stereocenters. The molecule has 0 spiro atoms. The lowest BCUT2D eigenvalue weighted by Crippen LogP contribution is -2.32. The largest absolute Gasteiger partial charge is 0.472 e. The Labute approximate surface area is 156 Å². The van der Waals surface area contributed by atoms with Gasteiger partial charge in [-0.3, -0.25) is 4.68 Å². The highest BCUT2D eigenvalue weighted by molar-refractivity contribution is 5.62. The quantitative estimate of drug-likeness (QED) is 0.676. The summed E-state index contributed by atoms with van der Waals surface area (Å²) in [5.74, 6) is -1.15. The summed E-state index contributed by atoms with van der Waals surface area (Å²) >= 11 is 0. The first-order valence-electron chi connectivity index (χ1n) is 8.73. The molecule has 2 aromatic carbocycles. The highest BCUT2D eigenvalue weighted by Gasteiger charge is 2.21. The van der Waals surface area contributed by atoms with Gasteiger partial charge >= 0.3 is 0 Å². The van der Waals surface area contributed by atoms with Crippen molar-refractivity contribution >= 4 is 5.70 Å². The van der Waals surface area contributed by atoms with Crippen molar-refractivity contribution in [1.29, 1.82) is 0 Å². The van der Waals surface area contributed by atoms with Crippen molar-refractivity contribution in [3.05, 3.63) is 89.6 Å². The number of nitrogens with zero attached hydrogens (tertiary/aromatic N) is 3. The van der Waals surface area contributed by atoms with E-state index in [4.69, 9.17) is 4.74 Å². The van der Waals surface area contributed by atoms with E-state index in [1.54, 1.807) is 6.07 Å². The minimum atomic E-state index is -0.868. The lowest BCUT2D eigenvalue weighted by molar-refractivity contribution is 0.279. The van der Waals surface area contributed by atoms with E-state index in [0.29, 0.717) is 43.4 Å². The van der Waals surface area contributed by atoms with Crippen LogP contribution >= 0.6 is 0 Å². The molecule has 4 rings (SSSR count). The van der Waals surface area contributed by atoms with Crippen molar-refractivity contribution in [2.45, 2.75) is 19.7 Å². The summed E-state index contributed by atoms with van der Waals surface area (Å²) in [5.41, 5.74) is 3.31. The Morgan fingerprint density at radius 1 is 1.04 bits per heavy atom. The molecule has 2 heterocycles. The maximum atomic E-state index is 13.5. The fourth-order valence-corrected chi connectivity index (χ4v) is 3.13. The molecule has 0 fully saturated rings. The lowest BCUT2D eigenvalue weighted by Gasteiger charge is -2.31. The van der Waals surface area contributed by atoms with Crippen molar-refractivity contribution in [2.24, 2.45) is 0 Å². The first kappa shape index (κ1) is 17.3. The maximum Gasteiger partial charge on any atom is 0.233 e. The molecule has 0 unspecified atom stereocenters. The van der Waals surface area contributed by atoms with Gasteiger partial charge in [0.1, 0.15) is 6.61 Å². The summed E-state index contributed by atoms with van der Waals surface area (Å²) in [6.45, 7) is 6.45. The van der Waals surface area contributed by atoms with Crippen LogP contribution in [0.2, 0.25) is 0 Å². The average molecular weight is 367 g/mol. The highest BCUT2D eigenvalue weighted by Crippen LogP contribution is 2.26. The van der Waals surface area contributed by atoms with Gasteiger partial charge in [0.05, 0.1) is 18.8 Å². The van der Waals surface area contributed by atoms with Gasteiger partial charge in [0, 0.05) is 23.9 Å². The first-order chi connectivity index (χ1) is 13.1. The first-order valence-corrected chi connectivity index (χ1v) is 8.73. The summed E-state index contributed by atoms with van der Waals surface area (Å²) in [6.07, 6.45) is 0. The normalized spacial score (nSPS) is 13.3. The van der Waals surface area contributed by atoms with E-state index in [-0.39, 0.29) is 0 Å². The molecular weight excluding hydrogens is 348 g/mol. The smallest absolute Gasteiger partial charge is 0.233 e. The van der Waals surface area contributed by atoms with Gasteiger partial charge in [-0.2, -0.15) is 0 Å². The monoisotopic (exact) mass is 367 g/mol. The van der Waals surface area contributed by atoms with Gasteiger partial charge < -0.3 is 9.64 Å². The van der Waals surface area contributed by atoms with Crippen LogP contribution in [0.4, 0.5) is 8.78 Å². The number of hydrogen-bond donors (Lipinski definition) is 0. The standard InChI is InChI=1S/C21H19F2N3O/c1-15(17-7-8-19(22)20(23)11-17)25-9-10-26-18(13-25)12-21(24-26)27-14-16-5-3-2-4-6-16/h2-8,11-12H,1,9-10,13-14H2. The molecule has 0 bridgehead atoms. The number of fused-ring (bicyclic) bond motifs is 1. The molecule has 4 nitrogen and oxygen atoms in total. The van der Waals surface area contributed by atoms with Crippen LogP contribution in [0.1, 0.15) is 16.8 Å². The molecule has 0 aliphatic carbocycles. The highest BCUT2D eigenvalue weighted by atomic mass is 19.2. The lowest BCUT2D eigenvalue weighted by atomic mass is 10.1. The minimum Gasteiger partial charge on any atom is -0.472 e. The van der Waals surface area contributed by atoms with E-state index in [9.17, 15) is 8.78 Å². The zero-order valence-electron chi connectivity index (χ0n) is 14.7. The molecule has 0 saturated carbocycles. The predicted octanol–water partition coefficient (Wildman–Crippen LogP) is 4.23. The van der Waals surface area contributed by atoms with Crippen LogP contribution in [0.3, 0.4) is 0 Å². The van der Waals surface area contributed by atoms with Crippen LogP contribution in [-0.2, 0) is 19.7 Å². The Bertz CT molecular complexity index is 969. The van der Waals surface area contributed by atoms with E-state index in [0.717, 1.165) is 17.3 Å². The third-order valence-electron chi connectivity index (χ3n) is 4.64. The zero-order valence-corrected chi connectivity index (χ0v) is 14.7. The molecule has 6 heteroatoms. The third-order valence-corrected chi connectivity index (χ3v) is 4.64. The van der Waals surface area contributed by atoms with Gasteiger partial charge in [-0.15, -0.1) is 5.10 Å². The molecule has 0 N–H and O–H groups in total. The van der Waals surface area contributed by atoms with Crippen molar-refractivity contribution in [3.8, 4) is 5.88 Å². The molecule has 138 valence electrons. The van der Waals surface area contributed by atoms with Gasteiger partial charge in [-0.05, 0) is 23.8 Å². The Morgan fingerprint density at radius 3 is 2.63 bits per heavy atom. The molecule has 0 radical (unpaired) electrons. The Morgan fingerprint density at radius 2 is 1.85 bits per heavy atom. The Hall–Kier alpha value is -3.15. The van der Waals surface area contributed by atoms with Crippen LogP contribution < -0.4 is 4.74 Å². The van der Waals surface area contributed by atoms with Crippen molar-refractivity contribution in [2.75, 3.05) is 6.54 Å². The van der Waals surface area contributed by atoms with E-state index in [1.165, 1.54) is 6.07 Å². The number of ether oxygens (including phenoxy) is 1. The second-order valence-electron chi connectivity index (χ2n) is 6.47. The summed E-state index contributed by atoms with van der Waals surface area (Å²) in [7, 11) is 0. The Balaban J connectivity index is 1.44. The number of benzene rings is 2. The number of rotatable bonds is 5. The van der Waals surface area contributed by atoms with Crippen molar-refractivity contribution in [1.82, 2.24) is 14.7 Å². The van der Waals surface area contributed by atoms with Gasteiger partial charge in [0.15, 0.2) is 11.6 Å². The van der Waals surface area contributed by atoms with Gasteiger partial charge in [0.25, 0.3) is 0 Å². The van der Waals surface area contributed by atoms with Gasteiger partial charge in [-0.1, -0.05) is 36.9 Å². The van der Waals surface area contributed by atoms with Gasteiger partial charge in [-0.25, -0.2) is 8.78 Å². The van der Waals surface area contributed by atoms with Crippen LogP contribution in [0.5, 0.6) is 5.88 Å². The fourth-order valence-electron chi connectivity index (χ4n) is 3.13. The zero-order chi connectivity index (χ0) is 18.8. The summed E-state index contributed by atoms with van der Waals surface area (Å²) in [4.78, 5) is 2.03. The predicted molar refractivity (Wildman–Crippen MR) is 98.8 cm³/mol. The second-order valence-corrected chi connectivity index (χ2v) is 6.47. The van der Waals surface area contributed by atoms with E-state index in [2.05, 4.69) is 11.7 Å².